The van der Waals surface area contributed by atoms with E-state index in [9.17, 15) is 13.2 Å². The summed E-state index contributed by atoms with van der Waals surface area (Å²) in [5, 5.41) is 9.07. The number of benzene rings is 1. The number of aliphatic carboxylic acids is 1. The lowest BCUT2D eigenvalue weighted by atomic mass is 9.90. The van der Waals surface area contributed by atoms with E-state index < -0.39 is 21.5 Å². The van der Waals surface area contributed by atoms with Gasteiger partial charge < -0.3 is 10.8 Å². The smallest absolute Gasteiger partial charge is 0.323 e. The summed E-state index contributed by atoms with van der Waals surface area (Å²) in [5.41, 5.74) is 5.51. The van der Waals surface area contributed by atoms with Crippen molar-refractivity contribution in [2.45, 2.75) is 36.6 Å². The van der Waals surface area contributed by atoms with Crippen LogP contribution in [0.5, 0.6) is 0 Å². The molecule has 0 atom stereocenters. The van der Waals surface area contributed by atoms with Crippen LogP contribution in [0.2, 0.25) is 0 Å². The highest BCUT2D eigenvalue weighted by atomic mass is 32.2. The molecule has 0 aromatic heterocycles. The van der Waals surface area contributed by atoms with Crippen molar-refractivity contribution in [3.63, 3.8) is 0 Å². The van der Waals surface area contributed by atoms with Gasteiger partial charge in [0.05, 0.1) is 4.90 Å². The van der Waals surface area contributed by atoms with Gasteiger partial charge in [0.2, 0.25) is 10.0 Å². The lowest BCUT2D eigenvalue weighted by Crippen LogP contribution is -2.56. The molecule has 21 heavy (non-hydrogen) atoms. The van der Waals surface area contributed by atoms with Crippen molar-refractivity contribution in [1.29, 1.82) is 0 Å². The molecule has 0 saturated carbocycles. The molecule has 1 heterocycles. The van der Waals surface area contributed by atoms with Gasteiger partial charge in [0, 0.05) is 13.1 Å². The molecular formula is C14H20N2O4S. The number of hydrogen-bond acceptors (Lipinski definition) is 4. The van der Waals surface area contributed by atoms with Gasteiger partial charge in [-0.25, -0.2) is 8.42 Å². The Bertz CT molecular complexity index is 617. The zero-order valence-corrected chi connectivity index (χ0v) is 12.8. The number of nitrogens with two attached hydrogens (primary N) is 1. The van der Waals surface area contributed by atoms with Gasteiger partial charge in [-0.1, -0.05) is 19.1 Å². The Morgan fingerprint density at radius 2 is 1.81 bits per heavy atom. The van der Waals surface area contributed by atoms with E-state index in [2.05, 4.69) is 0 Å². The van der Waals surface area contributed by atoms with Gasteiger partial charge in [-0.15, -0.1) is 0 Å². The number of sulfonamides is 1. The Morgan fingerprint density at radius 1 is 1.29 bits per heavy atom. The number of rotatable bonds is 4. The summed E-state index contributed by atoms with van der Waals surface area (Å²) in [5.74, 6) is -1.08. The van der Waals surface area contributed by atoms with Crippen LogP contribution in [0.25, 0.3) is 0 Å². The minimum absolute atomic E-state index is 0.120. The molecule has 2 rings (SSSR count). The Labute approximate surface area is 124 Å². The van der Waals surface area contributed by atoms with E-state index >= 15 is 0 Å². The van der Waals surface area contributed by atoms with Gasteiger partial charge in [-0.05, 0) is 37.0 Å². The first kappa shape index (κ1) is 15.9. The van der Waals surface area contributed by atoms with E-state index in [4.69, 9.17) is 10.8 Å². The summed E-state index contributed by atoms with van der Waals surface area (Å²) in [4.78, 5) is 11.3. The largest absolute Gasteiger partial charge is 0.480 e. The number of piperidine rings is 1. The molecule has 0 amide bonds. The third-order valence-electron chi connectivity index (χ3n) is 4.01. The van der Waals surface area contributed by atoms with Crippen molar-refractivity contribution in [3.8, 4) is 0 Å². The second-order valence-electron chi connectivity index (χ2n) is 5.36. The van der Waals surface area contributed by atoms with Gasteiger partial charge in [0.25, 0.3) is 0 Å². The number of hydrogen-bond donors (Lipinski definition) is 2. The van der Waals surface area contributed by atoms with E-state index in [0.29, 0.717) is 0 Å². The quantitative estimate of drug-likeness (QED) is 0.857. The first-order chi connectivity index (χ1) is 9.79. The Hall–Kier alpha value is -1.44. The van der Waals surface area contributed by atoms with Crippen LogP contribution in [0.15, 0.2) is 29.2 Å². The van der Waals surface area contributed by atoms with Crippen molar-refractivity contribution in [2.75, 3.05) is 13.1 Å². The number of carboxylic acids is 1. The highest BCUT2D eigenvalue weighted by Gasteiger charge is 2.40. The highest BCUT2D eigenvalue weighted by Crippen LogP contribution is 2.25. The summed E-state index contributed by atoms with van der Waals surface area (Å²) in [7, 11) is -3.58. The van der Waals surface area contributed by atoms with Gasteiger partial charge in [0.1, 0.15) is 5.54 Å². The fraction of sp³-hybridized carbons (Fsp3) is 0.500. The molecular weight excluding hydrogens is 292 g/mol. The first-order valence-corrected chi connectivity index (χ1v) is 8.35. The molecule has 0 spiro atoms. The monoisotopic (exact) mass is 312 g/mol. The molecule has 0 aliphatic carbocycles. The molecule has 1 aliphatic rings. The summed E-state index contributed by atoms with van der Waals surface area (Å²) in [6.07, 6.45) is 1.08. The van der Waals surface area contributed by atoms with E-state index in [1.54, 1.807) is 24.3 Å². The average Bonchev–Trinajstić information content (AvgIpc) is 2.47. The van der Waals surface area contributed by atoms with Crippen molar-refractivity contribution < 1.29 is 18.3 Å². The average molecular weight is 312 g/mol. The summed E-state index contributed by atoms with van der Waals surface area (Å²) in [6.45, 7) is 2.25. The summed E-state index contributed by atoms with van der Waals surface area (Å²) >= 11 is 0. The van der Waals surface area contributed by atoms with E-state index in [1.807, 2.05) is 6.92 Å². The molecule has 116 valence electrons. The predicted octanol–water partition coefficient (Wildman–Crippen LogP) is 0.816. The van der Waals surface area contributed by atoms with Gasteiger partial charge in [0.15, 0.2) is 0 Å². The Balaban J connectivity index is 2.16. The fourth-order valence-electron chi connectivity index (χ4n) is 2.39. The predicted molar refractivity (Wildman–Crippen MR) is 78.4 cm³/mol. The number of nitrogens with zero attached hydrogens (tertiary/aromatic N) is 1. The number of carboxylic acid groups (broad SMARTS) is 1. The minimum Gasteiger partial charge on any atom is -0.480 e. The Morgan fingerprint density at radius 3 is 2.24 bits per heavy atom. The molecule has 1 aromatic carbocycles. The lowest BCUT2D eigenvalue weighted by molar-refractivity contribution is -0.144. The van der Waals surface area contributed by atoms with E-state index in [0.717, 1.165) is 12.0 Å². The summed E-state index contributed by atoms with van der Waals surface area (Å²) < 4.78 is 26.3. The SMILES string of the molecule is CCc1ccc(S(=O)(=O)N2CCC(N)(C(=O)O)CC2)cc1. The van der Waals surface area contributed by atoms with Crippen LogP contribution in [-0.2, 0) is 21.2 Å². The maximum atomic E-state index is 12.5. The van der Waals surface area contributed by atoms with Crippen LogP contribution in [0.3, 0.4) is 0 Å². The molecule has 0 unspecified atom stereocenters. The van der Waals surface area contributed by atoms with E-state index in [1.165, 1.54) is 4.31 Å². The zero-order valence-electron chi connectivity index (χ0n) is 11.9. The standard InChI is InChI=1S/C14H20N2O4S/c1-2-11-3-5-12(6-4-11)21(19,20)16-9-7-14(15,8-10-16)13(17)18/h3-6H,2,7-10,15H2,1H3,(H,17,18). The van der Waals surface area contributed by atoms with E-state index in [-0.39, 0.29) is 30.8 Å². The zero-order chi connectivity index (χ0) is 15.7. The molecule has 1 aliphatic heterocycles. The van der Waals surface area contributed by atoms with Crippen LogP contribution in [-0.4, -0.2) is 42.4 Å². The van der Waals surface area contributed by atoms with Crippen LogP contribution in [0.1, 0.15) is 25.3 Å². The van der Waals surface area contributed by atoms with Gasteiger partial charge in [-0.3, -0.25) is 4.79 Å². The number of carbonyl (C=O) groups is 1. The molecule has 1 saturated heterocycles. The van der Waals surface area contributed by atoms with Crippen molar-refractivity contribution in [2.24, 2.45) is 5.73 Å². The van der Waals surface area contributed by atoms with Crippen LogP contribution in [0.4, 0.5) is 0 Å². The minimum atomic E-state index is -3.58. The molecule has 3 N–H and O–H groups in total. The first-order valence-electron chi connectivity index (χ1n) is 6.91. The molecule has 1 aromatic rings. The second kappa shape index (κ2) is 5.75. The van der Waals surface area contributed by atoms with Crippen LogP contribution >= 0.6 is 0 Å². The number of aryl methyl sites for hydroxylation is 1. The molecule has 0 bridgehead atoms. The fourth-order valence-corrected chi connectivity index (χ4v) is 3.83. The third-order valence-corrected chi connectivity index (χ3v) is 5.92. The summed E-state index contributed by atoms with van der Waals surface area (Å²) in [6, 6.07) is 6.77. The van der Waals surface area contributed by atoms with Crippen LogP contribution in [0, 0.1) is 0 Å². The van der Waals surface area contributed by atoms with Crippen LogP contribution < -0.4 is 5.73 Å². The Kier molecular flexibility index (Phi) is 4.36. The highest BCUT2D eigenvalue weighted by molar-refractivity contribution is 7.89. The van der Waals surface area contributed by atoms with Crippen molar-refractivity contribution in [3.05, 3.63) is 29.8 Å². The second-order valence-corrected chi connectivity index (χ2v) is 7.30. The molecule has 0 radical (unpaired) electrons. The normalized spacial score (nSPS) is 19.3. The van der Waals surface area contributed by atoms with Gasteiger partial charge in [-0.2, -0.15) is 4.31 Å². The topological polar surface area (TPSA) is 101 Å². The van der Waals surface area contributed by atoms with Crippen molar-refractivity contribution >= 4 is 16.0 Å². The molecule has 6 nitrogen and oxygen atoms in total. The lowest BCUT2D eigenvalue weighted by Gasteiger charge is -2.35. The third kappa shape index (κ3) is 3.09. The molecule has 7 heteroatoms. The van der Waals surface area contributed by atoms with Gasteiger partial charge >= 0.3 is 5.97 Å². The maximum Gasteiger partial charge on any atom is 0.323 e. The van der Waals surface area contributed by atoms with Crippen molar-refractivity contribution in [1.82, 2.24) is 4.31 Å². The molecule has 1 fully saturated rings. The maximum absolute atomic E-state index is 12.5.